The van der Waals surface area contributed by atoms with Gasteiger partial charge in [0.1, 0.15) is 0 Å². The van der Waals surface area contributed by atoms with Gasteiger partial charge in [-0.25, -0.2) is 0 Å². The molecule has 1 aromatic rings. The van der Waals surface area contributed by atoms with Crippen LogP contribution in [0.5, 0.6) is 0 Å². The molecule has 0 aliphatic carbocycles. The van der Waals surface area contributed by atoms with Gasteiger partial charge >= 0.3 is 0 Å². The van der Waals surface area contributed by atoms with E-state index in [2.05, 4.69) is 5.32 Å². The number of carbonyl (C=O) groups is 2. The molecule has 0 aromatic heterocycles. The quantitative estimate of drug-likeness (QED) is 0.850. The van der Waals surface area contributed by atoms with Crippen LogP contribution in [0.1, 0.15) is 26.2 Å². The molecule has 1 N–H and O–H groups in total. The van der Waals surface area contributed by atoms with E-state index in [0.717, 1.165) is 19.4 Å². The largest absolute Gasteiger partial charge is 0.376 e. The van der Waals surface area contributed by atoms with Crippen molar-refractivity contribution in [3.8, 4) is 0 Å². The highest BCUT2D eigenvalue weighted by Crippen LogP contribution is 2.33. The molecule has 1 heterocycles. The second kappa shape index (κ2) is 8.52. The fourth-order valence-corrected chi connectivity index (χ4v) is 3.11. The van der Waals surface area contributed by atoms with Crippen LogP contribution >= 0.6 is 23.2 Å². The first-order valence-corrected chi connectivity index (χ1v) is 8.35. The van der Waals surface area contributed by atoms with Crippen LogP contribution in [0.15, 0.2) is 18.2 Å². The SMILES string of the molecule is CC(=O)N(CCC(=O)NCC1CCCO1)c1c(Cl)cccc1Cl. The standard InChI is InChI=1S/C16H20Cl2N2O3/c1-11(21)20(16-13(17)5-2-6-14(16)18)8-7-15(22)19-10-12-4-3-9-23-12/h2,5-6,12H,3-4,7-10H2,1H3,(H,19,22). The summed E-state index contributed by atoms with van der Waals surface area (Å²) in [7, 11) is 0. The fraction of sp³-hybridized carbons (Fsp3) is 0.500. The topological polar surface area (TPSA) is 58.6 Å². The Labute approximate surface area is 145 Å². The summed E-state index contributed by atoms with van der Waals surface area (Å²) < 4.78 is 5.45. The van der Waals surface area contributed by atoms with E-state index in [0.29, 0.717) is 22.3 Å². The van der Waals surface area contributed by atoms with Crippen molar-refractivity contribution in [3.05, 3.63) is 28.2 Å². The lowest BCUT2D eigenvalue weighted by molar-refractivity contribution is -0.121. The number of hydrogen-bond donors (Lipinski definition) is 1. The Bertz CT molecular complexity index is 554. The molecule has 0 spiro atoms. The number of ether oxygens (including phenoxy) is 1. The Morgan fingerprint density at radius 3 is 2.61 bits per heavy atom. The minimum Gasteiger partial charge on any atom is -0.376 e. The van der Waals surface area contributed by atoms with Gasteiger partial charge in [0.25, 0.3) is 0 Å². The third-order valence-corrected chi connectivity index (χ3v) is 4.31. The molecular formula is C16H20Cl2N2O3. The average molecular weight is 359 g/mol. The number of amides is 2. The first-order chi connectivity index (χ1) is 11.0. The van der Waals surface area contributed by atoms with Gasteiger partial charge in [0.05, 0.1) is 21.8 Å². The number of hydrogen-bond acceptors (Lipinski definition) is 3. The van der Waals surface area contributed by atoms with E-state index in [1.165, 1.54) is 11.8 Å². The summed E-state index contributed by atoms with van der Waals surface area (Å²) >= 11 is 12.3. The van der Waals surface area contributed by atoms with Crippen LogP contribution in [0.3, 0.4) is 0 Å². The summed E-state index contributed by atoms with van der Waals surface area (Å²) in [6.07, 6.45) is 2.27. The molecule has 7 heteroatoms. The summed E-state index contributed by atoms with van der Waals surface area (Å²) in [4.78, 5) is 25.3. The van der Waals surface area contributed by atoms with Gasteiger partial charge in [-0.15, -0.1) is 0 Å². The Hall–Kier alpha value is -1.30. The van der Waals surface area contributed by atoms with Gasteiger partial charge in [0.15, 0.2) is 0 Å². The maximum atomic E-state index is 12.0. The van der Waals surface area contributed by atoms with Gasteiger partial charge in [-0.1, -0.05) is 29.3 Å². The van der Waals surface area contributed by atoms with Crippen molar-refractivity contribution < 1.29 is 14.3 Å². The van der Waals surface area contributed by atoms with Crippen LogP contribution in [0.25, 0.3) is 0 Å². The molecule has 0 saturated carbocycles. The van der Waals surface area contributed by atoms with E-state index in [9.17, 15) is 9.59 Å². The number of nitrogens with one attached hydrogen (secondary N) is 1. The molecule has 1 fully saturated rings. The maximum absolute atomic E-state index is 12.0. The summed E-state index contributed by atoms with van der Waals surface area (Å²) in [6, 6.07) is 5.03. The average Bonchev–Trinajstić information content (AvgIpc) is 3.01. The highest BCUT2D eigenvalue weighted by Gasteiger charge is 2.20. The van der Waals surface area contributed by atoms with Crippen LogP contribution in [0.4, 0.5) is 5.69 Å². The smallest absolute Gasteiger partial charge is 0.223 e. The minimum atomic E-state index is -0.216. The van der Waals surface area contributed by atoms with Gasteiger partial charge in [-0.2, -0.15) is 0 Å². The lowest BCUT2D eigenvalue weighted by Crippen LogP contribution is -2.36. The van der Waals surface area contributed by atoms with E-state index in [1.54, 1.807) is 18.2 Å². The molecule has 0 radical (unpaired) electrons. The first kappa shape index (κ1) is 18.0. The lowest BCUT2D eigenvalue weighted by Gasteiger charge is -2.23. The van der Waals surface area contributed by atoms with Crippen molar-refractivity contribution in [1.29, 1.82) is 0 Å². The predicted molar refractivity (Wildman–Crippen MR) is 91.1 cm³/mol. The van der Waals surface area contributed by atoms with E-state index in [-0.39, 0.29) is 30.9 Å². The van der Waals surface area contributed by atoms with Gasteiger partial charge < -0.3 is 15.0 Å². The third-order valence-electron chi connectivity index (χ3n) is 3.70. The van der Waals surface area contributed by atoms with Gasteiger partial charge in [-0.3, -0.25) is 9.59 Å². The van der Waals surface area contributed by atoms with E-state index < -0.39 is 0 Å². The molecule has 126 valence electrons. The molecule has 1 atom stereocenters. The zero-order valence-electron chi connectivity index (χ0n) is 13.0. The molecule has 2 amide bonds. The molecule has 0 bridgehead atoms. The maximum Gasteiger partial charge on any atom is 0.223 e. The van der Waals surface area contributed by atoms with Crippen LogP contribution < -0.4 is 10.2 Å². The Kier molecular flexibility index (Phi) is 6.69. The summed E-state index contributed by atoms with van der Waals surface area (Å²) in [6.45, 7) is 2.90. The van der Waals surface area contributed by atoms with E-state index in [1.807, 2.05) is 0 Å². The number of benzene rings is 1. The normalized spacial score (nSPS) is 17.1. The number of para-hydroxylation sites is 1. The van der Waals surface area contributed by atoms with Crippen LogP contribution in [-0.2, 0) is 14.3 Å². The van der Waals surface area contributed by atoms with Gasteiger partial charge in [0, 0.05) is 33.0 Å². The highest BCUT2D eigenvalue weighted by molar-refractivity contribution is 6.39. The molecule has 1 saturated heterocycles. The fourth-order valence-electron chi connectivity index (χ4n) is 2.51. The first-order valence-electron chi connectivity index (χ1n) is 7.59. The van der Waals surface area contributed by atoms with Crippen molar-refractivity contribution >= 4 is 40.7 Å². The van der Waals surface area contributed by atoms with E-state index in [4.69, 9.17) is 27.9 Å². The molecule has 1 aromatic carbocycles. The molecular weight excluding hydrogens is 339 g/mol. The monoisotopic (exact) mass is 358 g/mol. The molecule has 1 aliphatic heterocycles. The molecule has 1 aliphatic rings. The zero-order valence-corrected chi connectivity index (χ0v) is 14.5. The molecule has 2 rings (SSSR count). The van der Waals surface area contributed by atoms with Crippen molar-refractivity contribution in [2.45, 2.75) is 32.3 Å². The van der Waals surface area contributed by atoms with Crippen LogP contribution in [0, 0.1) is 0 Å². The summed E-state index contributed by atoms with van der Waals surface area (Å²) in [5.74, 6) is -0.346. The number of carbonyl (C=O) groups excluding carboxylic acids is 2. The second-order valence-corrected chi connectivity index (χ2v) is 6.24. The number of rotatable bonds is 6. The van der Waals surface area contributed by atoms with Crippen molar-refractivity contribution in [2.75, 3.05) is 24.6 Å². The van der Waals surface area contributed by atoms with Crippen molar-refractivity contribution in [2.24, 2.45) is 0 Å². The minimum absolute atomic E-state index is 0.0980. The second-order valence-electron chi connectivity index (χ2n) is 5.43. The highest BCUT2D eigenvalue weighted by atomic mass is 35.5. The Balaban J connectivity index is 1.92. The lowest BCUT2D eigenvalue weighted by atomic mass is 10.2. The van der Waals surface area contributed by atoms with Crippen molar-refractivity contribution in [3.63, 3.8) is 0 Å². The van der Waals surface area contributed by atoms with Crippen LogP contribution in [0.2, 0.25) is 10.0 Å². The van der Waals surface area contributed by atoms with Crippen LogP contribution in [-0.4, -0.2) is 37.6 Å². The zero-order chi connectivity index (χ0) is 16.8. The van der Waals surface area contributed by atoms with Gasteiger partial charge in [0.2, 0.25) is 11.8 Å². The molecule has 23 heavy (non-hydrogen) atoms. The number of anilines is 1. The third kappa shape index (κ3) is 5.09. The van der Waals surface area contributed by atoms with E-state index >= 15 is 0 Å². The van der Waals surface area contributed by atoms with Crippen molar-refractivity contribution in [1.82, 2.24) is 5.32 Å². The summed E-state index contributed by atoms with van der Waals surface area (Å²) in [5, 5.41) is 3.60. The Morgan fingerprint density at radius 2 is 2.04 bits per heavy atom. The van der Waals surface area contributed by atoms with Gasteiger partial charge in [-0.05, 0) is 25.0 Å². The number of nitrogens with zero attached hydrogens (tertiary/aromatic N) is 1. The number of halogens is 2. The Morgan fingerprint density at radius 1 is 1.35 bits per heavy atom. The predicted octanol–water partition coefficient (Wildman–Crippen LogP) is 3.03. The summed E-state index contributed by atoms with van der Waals surface area (Å²) in [5.41, 5.74) is 0.440. The molecule has 1 unspecified atom stereocenters. The molecule has 5 nitrogen and oxygen atoms in total.